The molecule has 6 nitrogen and oxygen atoms in total. The number of anilines is 1. The van der Waals surface area contributed by atoms with E-state index < -0.39 is 33.1 Å². The molecule has 0 radical (unpaired) electrons. The first-order valence-electron chi connectivity index (χ1n) is 7.27. The van der Waals surface area contributed by atoms with Gasteiger partial charge in [0.2, 0.25) is 0 Å². The van der Waals surface area contributed by atoms with Crippen LogP contribution >= 0.6 is 0 Å². The highest BCUT2D eigenvalue weighted by molar-refractivity contribution is 7.93. The summed E-state index contributed by atoms with van der Waals surface area (Å²) in [6.45, 7) is 1.79. The molecule has 0 unspecified atom stereocenters. The third-order valence-electron chi connectivity index (χ3n) is 3.70. The first-order valence-corrected chi connectivity index (χ1v) is 8.75. The number of aryl methyl sites for hydroxylation is 1. The maximum atomic E-state index is 12.6. The van der Waals surface area contributed by atoms with Crippen LogP contribution in [0.4, 0.5) is 18.9 Å². The number of nitrogens with zero attached hydrogens (tertiary/aromatic N) is 1. The van der Waals surface area contributed by atoms with Crippen molar-refractivity contribution in [3.8, 4) is 0 Å². The molecule has 10 heteroatoms. The van der Waals surface area contributed by atoms with Gasteiger partial charge in [0.05, 0.1) is 5.52 Å². The van der Waals surface area contributed by atoms with Gasteiger partial charge in [-0.3, -0.25) is 14.5 Å². The molecule has 0 atom stereocenters. The molecule has 0 spiro atoms. The second kappa shape index (κ2) is 6.13. The maximum absolute atomic E-state index is 12.6. The minimum Gasteiger partial charge on any atom is -0.317 e. The number of aromatic amines is 1. The predicted octanol–water partition coefficient (Wildman–Crippen LogP) is 3.05. The largest absolute Gasteiger partial charge is 0.431 e. The second-order valence-corrected chi connectivity index (χ2v) is 7.15. The van der Waals surface area contributed by atoms with Gasteiger partial charge in [-0.15, -0.1) is 0 Å². The van der Waals surface area contributed by atoms with Crippen LogP contribution in [0.3, 0.4) is 0 Å². The standard InChI is InChI=1S/C16H12F3N3O3S/c1-9-7-8-20-14-10(9)3-2-4-12(14)26(24,25)22-11-5-6-13(16(17,18)19)21-15(11)23/h2-8,22H,1H3,(H,21,23). The number of rotatable bonds is 3. The van der Waals surface area contributed by atoms with E-state index in [0.717, 1.165) is 11.6 Å². The first kappa shape index (κ1) is 17.9. The average molecular weight is 383 g/mol. The molecule has 3 aromatic rings. The third kappa shape index (κ3) is 3.27. The molecular weight excluding hydrogens is 371 g/mol. The number of para-hydroxylation sites is 1. The highest BCUT2D eigenvalue weighted by Crippen LogP contribution is 2.28. The molecule has 0 amide bonds. The zero-order valence-corrected chi connectivity index (χ0v) is 14.1. The SMILES string of the molecule is Cc1ccnc2c(S(=O)(=O)Nc3ccc(C(F)(F)F)[nH]c3=O)cccc12. The Morgan fingerprint density at radius 3 is 2.50 bits per heavy atom. The normalized spacial score (nSPS) is 12.3. The number of nitrogens with one attached hydrogen (secondary N) is 2. The third-order valence-corrected chi connectivity index (χ3v) is 5.10. The lowest BCUT2D eigenvalue weighted by molar-refractivity contribution is -0.141. The summed E-state index contributed by atoms with van der Waals surface area (Å²) in [7, 11) is -4.24. The van der Waals surface area contributed by atoms with Gasteiger partial charge in [-0.2, -0.15) is 13.2 Å². The molecule has 0 saturated heterocycles. The van der Waals surface area contributed by atoms with Crippen LogP contribution < -0.4 is 10.3 Å². The predicted molar refractivity (Wildman–Crippen MR) is 89.4 cm³/mol. The van der Waals surface area contributed by atoms with Gasteiger partial charge in [0.25, 0.3) is 15.6 Å². The monoisotopic (exact) mass is 383 g/mol. The number of fused-ring (bicyclic) bond motifs is 1. The van der Waals surface area contributed by atoms with E-state index in [9.17, 15) is 26.4 Å². The molecule has 2 aromatic heterocycles. The number of pyridine rings is 2. The lowest BCUT2D eigenvalue weighted by Crippen LogP contribution is -2.23. The Bertz CT molecular complexity index is 1150. The molecule has 0 aliphatic carbocycles. The van der Waals surface area contributed by atoms with E-state index in [1.54, 1.807) is 24.0 Å². The molecule has 1 aromatic carbocycles. The summed E-state index contributed by atoms with van der Waals surface area (Å²) in [5, 5.41) is 0.608. The van der Waals surface area contributed by atoms with Crippen molar-refractivity contribution in [3.63, 3.8) is 0 Å². The summed E-state index contributed by atoms with van der Waals surface area (Å²) < 4.78 is 65.1. The Balaban J connectivity index is 2.06. The van der Waals surface area contributed by atoms with E-state index in [-0.39, 0.29) is 10.4 Å². The van der Waals surface area contributed by atoms with E-state index in [2.05, 4.69) is 4.98 Å². The second-order valence-electron chi connectivity index (χ2n) is 5.50. The summed E-state index contributed by atoms with van der Waals surface area (Å²) in [5.41, 5.74) is -1.99. The molecule has 0 bridgehead atoms. The van der Waals surface area contributed by atoms with Crippen molar-refractivity contribution in [3.05, 3.63) is 64.2 Å². The van der Waals surface area contributed by atoms with Crippen LogP contribution in [-0.4, -0.2) is 18.4 Å². The van der Waals surface area contributed by atoms with Crippen LogP contribution in [0.5, 0.6) is 0 Å². The van der Waals surface area contributed by atoms with Gasteiger partial charge < -0.3 is 4.98 Å². The molecule has 0 saturated carbocycles. The topological polar surface area (TPSA) is 91.9 Å². The van der Waals surface area contributed by atoms with Crippen molar-refractivity contribution in [2.75, 3.05) is 4.72 Å². The fourth-order valence-corrected chi connectivity index (χ4v) is 3.66. The molecule has 2 N–H and O–H groups in total. The minimum atomic E-state index is -4.74. The van der Waals surface area contributed by atoms with Gasteiger partial charge >= 0.3 is 6.18 Å². The fraction of sp³-hybridized carbons (Fsp3) is 0.125. The van der Waals surface area contributed by atoms with Crippen LogP contribution in [0.25, 0.3) is 10.9 Å². The zero-order valence-electron chi connectivity index (χ0n) is 13.3. The van der Waals surface area contributed by atoms with Crippen molar-refractivity contribution < 1.29 is 21.6 Å². The van der Waals surface area contributed by atoms with Crippen molar-refractivity contribution in [2.45, 2.75) is 18.0 Å². The quantitative estimate of drug-likeness (QED) is 0.727. The van der Waals surface area contributed by atoms with Crippen LogP contribution in [0.1, 0.15) is 11.3 Å². The van der Waals surface area contributed by atoms with Crippen LogP contribution in [0.2, 0.25) is 0 Å². The fourth-order valence-electron chi connectivity index (χ4n) is 2.42. The summed E-state index contributed by atoms with van der Waals surface area (Å²) in [6.07, 6.45) is -3.30. The first-order chi connectivity index (χ1) is 12.1. The van der Waals surface area contributed by atoms with Crippen molar-refractivity contribution in [2.24, 2.45) is 0 Å². The van der Waals surface area contributed by atoms with E-state index in [0.29, 0.717) is 11.5 Å². The Kier molecular flexibility index (Phi) is 4.23. The lowest BCUT2D eigenvalue weighted by Gasteiger charge is -2.11. The highest BCUT2D eigenvalue weighted by atomic mass is 32.2. The van der Waals surface area contributed by atoms with Gasteiger partial charge in [-0.25, -0.2) is 8.42 Å². The Labute approximate surface area is 145 Å². The van der Waals surface area contributed by atoms with Crippen molar-refractivity contribution >= 4 is 26.6 Å². The number of hydrogen-bond acceptors (Lipinski definition) is 4. The zero-order chi connectivity index (χ0) is 19.1. The van der Waals surface area contributed by atoms with Crippen molar-refractivity contribution in [1.82, 2.24) is 9.97 Å². The molecule has 0 aliphatic rings. The Morgan fingerprint density at radius 1 is 1.12 bits per heavy atom. The highest BCUT2D eigenvalue weighted by Gasteiger charge is 2.32. The smallest absolute Gasteiger partial charge is 0.317 e. The van der Waals surface area contributed by atoms with Crippen LogP contribution in [-0.2, 0) is 16.2 Å². The number of alkyl halides is 3. The molecule has 26 heavy (non-hydrogen) atoms. The molecular formula is C16H12F3N3O3S. The average Bonchev–Trinajstić information content (AvgIpc) is 2.55. The van der Waals surface area contributed by atoms with Gasteiger partial charge in [-0.05, 0) is 36.8 Å². The number of H-pyrrole nitrogens is 1. The Morgan fingerprint density at radius 2 is 1.85 bits per heavy atom. The van der Waals surface area contributed by atoms with Gasteiger partial charge in [-0.1, -0.05) is 12.1 Å². The van der Waals surface area contributed by atoms with E-state index in [1.807, 2.05) is 4.72 Å². The lowest BCUT2D eigenvalue weighted by atomic mass is 10.1. The number of benzene rings is 1. The summed E-state index contributed by atoms with van der Waals surface area (Å²) in [5.74, 6) is 0. The summed E-state index contributed by atoms with van der Waals surface area (Å²) in [4.78, 5) is 17.3. The van der Waals surface area contributed by atoms with Crippen LogP contribution in [0, 0.1) is 6.92 Å². The van der Waals surface area contributed by atoms with E-state index in [4.69, 9.17) is 0 Å². The van der Waals surface area contributed by atoms with E-state index >= 15 is 0 Å². The number of aromatic nitrogens is 2. The number of halogens is 3. The van der Waals surface area contributed by atoms with Crippen LogP contribution in [0.15, 0.2) is 52.3 Å². The molecule has 0 fully saturated rings. The Hall–Kier alpha value is -2.88. The van der Waals surface area contributed by atoms with Crippen molar-refractivity contribution in [1.29, 1.82) is 0 Å². The molecule has 136 valence electrons. The number of hydrogen-bond donors (Lipinski definition) is 2. The maximum Gasteiger partial charge on any atom is 0.431 e. The van der Waals surface area contributed by atoms with E-state index in [1.165, 1.54) is 18.3 Å². The van der Waals surface area contributed by atoms with Gasteiger partial charge in [0.1, 0.15) is 16.3 Å². The minimum absolute atomic E-state index is 0.182. The van der Waals surface area contributed by atoms with Gasteiger partial charge in [0, 0.05) is 11.6 Å². The molecule has 3 rings (SSSR count). The molecule has 2 heterocycles. The summed E-state index contributed by atoms with van der Waals surface area (Å²) in [6, 6.07) is 7.58. The van der Waals surface area contributed by atoms with Gasteiger partial charge in [0.15, 0.2) is 0 Å². The summed E-state index contributed by atoms with van der Waals surface area (Å²) >= 11 is 0. The molecule has 0 aliphatic heterocycles. The number of sulfonamides is 1.